The Bertz CT molecular complexity index is 1120. The summed E-state index contributed by atoms with van der Waals surface area (Å²) in [5.41, 5.74) is 2.60. The van der Waals surface area contributed by atoms with Crippen LogP contribution in [-0.4, -0.2) is 57.3 Å². The minimum Gasteiger partial charge on any atom is -0.497 e. The highest BCUT2D eigenvalue weighted by Crippen LogP contribution is 2.31. The molecule has 0 radical (unpaired) electrons. The Balaban J connectivity index is 1.40. The Morgan fingerprint density at radius 1 is 1.09 bits per heavy atom. The molecule has 1 aliphatic heterocycles. The van der Waals surface area contributed by atoms with Gasteiger partial charge in [-0.3, -0.25) is 9.13 Å². The van der Waals surface area contributed by atoms with Gasteiger partial charge in [-0.15, -0.1) is 0 Å². The fourth-order valence-corrected chi connectivity index (χ4v) is 5.22. The van der Waals surface area contributed by atoms with Crippen LogP contribution in [-0.2, 0) is 6.54 Å². The number of hydrogen-bond acceptors (Lipinski definition) is 6. The highest BCUT2D eigenvalue weighted by Gasteiger charge is 2.25. The Morgan fingerprint density at radius 3 is 2.58 bits per heavy atom. The molecule has 2 aromatic heterocycles. The number of anilines is 1. The lowest BCUT2D eigenvalue weighted by Gasteiger charge is -2.14. The van der Waals surface area contributed by atoms with Crippen molar-refractivity contribution >= 4 is 17.1 Å². The van der Waals surface area contributed by atoms with Gasteiger partial charge in [-0.25, -0.2) is 9.78 Å². The summed E-state index contributed by atoms with van der Waals surface area (Å²) in [5, 5.41) is 3.38. The van der Waals surface area contributed by atoms with Crippen LogP contribution in [0.1, 0.15) is 56.6 Å². The number of likely N-dealkylation sites (tertiary alicyclic amines) is 1. The van der Waals surface area contributed by atoms with Gasteiger partial charge in [-0.1, -0.05) is 25.0 Å². The van der Waals surface area contributed by atoms with Crippen molar-refractivity contribution in [3.05, 3.63) is 46.5 Å². The second-order valence-electron chi connectivity index (χ2n) is 9.26. The highest BCUT2D eigenvalue weighted by molar-refractivity contribution is 5.72. The van der Waals surface area contributed by atoms with E-state index in [1.54, 1.807) is 11.7 Å². The maximum atomic E-state index is 13.5. The molecule has 176 valence electrons. The van der Waals surface area contributed by atoms with Crippen LogP contribution in [0.2, 0.25) is 0 Å². The van der Waals surface area contributed by atoms with Gasteiger partial charge in [-0.05, 0) is 69.4 Å². The molecule has 5 rings (SSSR count). The number of nitrogens with one attached hydrogen (secondary N) is 1. The van der Waals surface area contributed by atoms with Crippen LogP contribution >= 0.6 is 0 Å². The molecule has 0 atom stereocenters. The second-order valence-corrected chi connectivity index (χ2v) is 9.26. The van der Waals surface area contributed by atoms with Crippen molar-refractivity contribution in [1.82, 2.24) is 24.0 Å². The predicted octanol–water partition coefficient (Wildman–Crippen LogP) is 3.66. The standard InChI is InChI=1S/C25H34N6O2/c1-33-21-11-9-19(10-12-21)18-30-23-22(31(25(30)32)20-7-2-3-8-20)17-27-24(28-23)26-13-6-16-29-14-4-5-15-29/h9-12,17,20H,2-8,13-16,18H2,1H3,(H,26,27,28). The lowest BCUT2D eigenvalue weighted by atomic mass is 10.2. The summed E-state index contributed by atoms with van der Waals surface area (Å²) < 4.78 is 9.01. The monoisotopic (exact) mass is 450 g/mol. The summed E-state index contributed by atoms with van der Waals surface area (Å²) in [4.78, 5) is 25.4. The van der Waals surface area contributed by atoms with Gasteiger partial charge in [0.1, 0.15) is 11.3 Å². The molecular weight excluding hydrogens is 416 g/mol. The van der Waals surface area contributed by atoms with Crippen molar-refractivity contribution in [2.75, 3.05) is 38.6 Å². The third-order valence-corrected chi connectivity index (χ3v) is 7.02. The topological polar surface area (TPSA) is 77.2 Å². The van der Waals surface area contributed by atoms with E-state index in [9.17, 15) is 4.79 Å². The summed E-state index contributed by atoms with van der Waals surface area (Å²) in [7, 11) is 1.66. The lowest BCUT2D eigenvalue weighted by molar-refractivity contribution is 0.337. The zero-order valence-corrected chi connectivity index (χ0v) is 19.5. The summed E-state index contributed by atoms with van der Waals surface area (Å²) in [6, 6.07) is 8.10. The molecule has 8 heteroatoms. The highest BCUT2D eigenvalue weighted by atomic mass is 16.5. The average molecular weight is 451 g/mol. The second kappa shape index (κ2) is 9.95. The Morgan fingerprint density at radius 2 is 1.85 bits per heavy atom. The van der Waals surface area contributed by atoms with Crippen molar-refractivity contribution in [3.8, 4) is 5.75 Å². The molecule has 0 bridgehead atoms. The molecule has 3 heterocycles. The molecule has 3 aromatic rings. The Labute approximate surface area is 194 Å². The van der Waals surface area contributed by atoms with Crippen molar-refractivity contribution in [3.63, 3.8) is 0 Å². The summed E-state index contributed by atoms with van der Waals surface area (Å²) >= 11 is 0. The number of imidazole rings is 1. The first-order valence-electron chi connectivity index (χ1n) is 12.3. The number of methoxy groups -OCH3 is 1. The van der Waals surface area contributed by atoms with Gasteiger partial charge in [0, 0.05) is 12.6 Å². The molecule has 33 heavy (non-hydrogen) atoms. The van der Waals surface area contributed by atoms with Gasteiger partial charge in [0.25, 0.3) is 0 Å². The largest absolute Gasteiger partial charge is 0.497 e. The van der Waals surface area contributed by atoms with Gasteiger partial charge in [0.05, 0.1) is 19.9 Å². The van der Waals surface area contributed by atoms with Crippen molar-refractivity contribution < 1.29 is 4.74 Å². The molecule has 2 aliphatic rings. The van der Waals surface area contributed by atoms with E-state index in [4.69, 9.17) is 9.72 Å². The van der Waals surface area contributed by atoms with Crippen LogP contribution in [0.4, 0.5) is 5.95 Å². The zero-order valence-electron chi connectivity index (χ0n) is 19.5. The molecule has 1 aliphatic carbocycles. The van der Waals surface area contributed by atoms with Crippen LogP contribution in [0.25, 0.3) is 11.2 Å². The van der Waals surface area contributed by atoms with Crippen LogP contribution in [0, 0.1) is 0 Å². The first-order valence-corrected chi connectivity index (χ1v) is 12.3. The molecule has 2 fully saturated rings. The first kappa shape index (κ1) is 21.9. The van der Waals surface area contributed by atoms with Gasteiger partial charge in [0.15, 0.2) is 5.65 Å². The average Bonchev–Trinajstić information content (AvgIpc) is 3.60. The SMILES string of the molecule is COc1ccc(Cn2c(=O)n(C3CCCC3)c3cnc(NCCCN4CCCC4)nc32)cc1. The van der Waals surface area contributed by atoms with Crippen molar-refractivity contribution in [1.29, 1.82) is 0 Å². The van der Waals surface area contributed by atoms with E-state index in [2.05, 4.69) is 15.2 Å². The minimum absolute atomic E-state index is 0.00759. The lowest BCUT2D eigenvalue weighted by Crippen LogP contribution is -2.27. The number of fused-ring (bicyclic) bond motifs is 1. The predicted molar refractivity (Wildman–Crippen MR) is 130 cm³/mol. The smallest absolute Gasteiger partial charge is 0.330 e. The maximum Gasteiger partial charge on any atom is 0.330 e. The number of rotatable bonds is 9. The zero-order chi connectivity index (χ0) is 22.6. The van der Waals surface area contributed by atoms with E-state index in [0.717, 1.165) is 49.2 Å². The van der Waals surface area contributed by atoms with Crippen LogP contribution < -0.4 is 15.7 Å². The number of nitrogens with zero attached hydrogens (tertiary/aromatic N) is 5. The summed E-state index contributed by atoms with van der Waals surface area (Å²) in [6.45, 7) is 4.84. The number of benzene rings is 1. The number of aromatic nitrogens is 4. The molecule has 0 amide bonds. The third kappa shape index (κ3) is 4.76. The number of ether oxygens (including phenoxy) is 1. The third-order valence-electron chi connectivity index (χ3n) is 7.02. The Hall–Kier alpha value is -2.87. The molecule has 1 aromatic carbocycles. The maximum absolute atomic E-state index is 13.5. The van der Waals surface area contributed by atoms with Gasteiger partial charge >= 0.3 is 5.69 Å². The molecule has 1 N–H and O–H groups in total. The van der Waals surface area contributed by atoms with E-state index in [-0.39, 0.29) is 11.7 Å². The quantitative estimate of drug-likeness (QED) is 0.502. The van der Waals surface area contributed by atoms with Crippen LogP contribution in [0.15, 0.2) is 35.3 Å². The van der Waals surface area contributed by atoms with E-state index in [1.807, 2.05) is 35.0 Å². The van der Waals surface area contributed by atoms with E-state index < -0.39 is 0 Å². The summed E-state index contributed by atoms with van der Waals surface area (Å²) in [5.74, 6) is 1.40. The van der Waals surface area contributed by atoms with E-state index in [1.165, 1.54) is 38.8 Å². The van der Waals surface area contributed by atoms with Crippen molar-refractivity contribution in [2.45, 2.75) is 57.5 Å². The van der Waals surface area contributed by atoms with Crippen LogP contribution in [0.3, 0.4) is 0 Å². The van der Waals surface area contributed by atoms with Gasteiger partial charge in [-0.2, -0.15) is 4.98 Å². The van der Waals surface area contributed by atoms with Crippen molar-refractivity contribution in [2.24, 2.45) is 0 Å². The van der Waals surface area contributed by atoms with Crippen LogP contribution in [0.5, 0.6) is 5.75 Å². The normalized spacial score (nSPS) is 17.2. The Kier molecular flexibility index (Phi) is 6.62. The molecule has 8 nitrogen and oxygen atoms in total. The first-order chi connectivity index (χ1) is 16.2. The molecule has 1 saturated carbocycles. The number of hydrogen-bond donors (Lipinski definition) is 1. The van der Waals surface area contributed by atoms with Gasteiger partial charge < -0.3 is 15.0 Å². The summed E-state index contributed by atoms with van der Waals surface area (Å²) in [6.07, 6.45) is 9.93. The minimum atomic E-state index is 0.00759. The fourth-order valence-electron chi connectivity index (χ4n) is 5.22. The molecular formula is C25H34N6O2. The fraction of sp³-hybridized carbons (Fsp3) is 0.560. The van der Waals surface area contributed by atoms with E-state index >= 15 is 0 Å². The van der Waals surface area contributed by atoms with Gasteiger partial charge in [0.2, 0.25) is 5.95 Å². The molecule has 1 saturated heterocycles. The molecule has 0 spiro atoms. The van der Waals surface area contributed by atoms with E-state index in [0.29, 0.717) is 18.1 Å². The molecule has 0 unspecified atom stereocenters.